The van der Waals surface area contributed by atoms with E-state index in [1.807, 2.05) is 60.7 Å². The van der Waals surface area contributed by atoms with Crippen molar-refractivity contribution >= 4 is 33.4 Å². The second-order valence-electron chi connectivity index (χ2n) is 5.93. The Morgan fingerprint density at radius 2 is 1.68 bits per heavy atom. The lowest BCUT2D eigenvalue weighted by molar-refractivity contribution is 0.462. The summed E-state index contributed by atoms with van der Waals surface area (Å²) in [6.45, 7) is 0. The van der Waals surface area contributed by atoms with Crippen molar-refractivity contribution in [1.82, 2.24) is 15.0 Å². The van der Waals surface area contributed by atoms with Gasteiger partial charge in [-0.05, 0) is 30.3 Å². The standard InChI is InChI=1S/C21H16BrN5O/c22-15-10-11-24-20(12-15)28-17-8-6-16(7-9-17)25-21-26-18(13-19(23)27-21)14-4-2-1-3-5-14/h1-13H,(H3,23,25,26,27). The van der Waals surface area contributed by atoms with E-state index in [0.717, 1.165) is 21.4 Å². The summed E-state index contributed by atoms with van der Waals surface area (Å²) in [7, 11) is 0. The van der Waals surface area contributed by atoms with E-state index in [0.29, 0.717) is 23.4 Å². The van der Waals surface area contributed by atoms with E-state index in [2.05, 4.69) is 36.2 Å². The van der Waals surface area contributed by atoms with Crippen LogP contribution in [0.4, 0.5) is 17.5 Å². The van der Waals surface area contributed by atoms with Gasteiger partial charge in [0.2, 0.25) is 11.8 Å². The molecule has 0 unspecified atom stereocenters. The molecule has 0 aliphatic rings. The predicted molar refractivity (Wildman–Crippen MR) is 114 cm³/mol. The molecule has 0 spiro atoms. The molecule has 7 heteroatoms. The molecule has 28 heavy (non-hydrogen) atoms. The van der Waals surface area contributed by atoms with E-state index >= 15 is 0 Å². The average Bonchev–Trinajstić information content (AvgIpc) is 2.70. The second-order valence-corrected chi connectivity index (χ2v) is 6.85. The van der Waals surface area contributed by atoms with Crippen molar-refractivity contribution in [3.63, 3.8) is 0 Å². The summed E-state index contributed by atoms with van der Waals surface area (Å²) >= 11 is 3.40. The van der Waals surface area contributed by atoms with E-state index in [9.17, 15) is 0 Å². The summed E-state index contributed by atoms with van der Waals surface area (Å²) in [5.74, 6) is 2.02. The number of halogens is 1. The van der Waals surface area contributed by atoms with Crippen LogP contribution in [0.3, 0.4) is 0 Å². The molecular formula is C21H16BrN5O. The van der Waals surface area contributed by atoms with E-state index in [1.54, 1.807) is 18.3 Å². The van der Waals surface area contributed by atoms with Crippen LogP contribution in [0.25, 0.3) is 11.3 Å². The number of nitrogen functional groups attached to an aromatic ring is 1. The number of hydrogen-bond donors (Lipinski definition) is 2. The molecular weight excluding hydrogens is 418 g/mol. The molecule has 0 saturated heterocycles. The minimum absolute atomic E-state index is 0.400. The topological polar surface area (TPSA) is 86.0 Å². The second kappa shape index (κ2) is 8.06. The van der Waals surface area contributed by atoms with Crippen LogP contribution in [-0.4, -0.2) is 15.0 Å². The molecule has 0 radical (unpaired) electrons. The molecule has 3 N–H and O–H groups in total. The largest absolute Gasteiger partial charge is 0.439 e. The van der Waals surface area contributed by atoms with Gasteiger partial charge in [-0.2, -0.15) is 4.98 Å². The Kier molecular flexibility index (Phi) is 5.16. The van der Waals surface area contributed by atoms with Crippen molar-refractivity contribution in [3.05, 3.63) is 83.5 Å². The molecule has 0 amide bonds. The molecule has 2 aromatic carbocycles. The van der Waals surface area contributed by atoms with Gasteiger partial charge in [0.15, 0.2) is 0 Å². The first-order valence-corrected chi connectivity index (χ1v) is 9.31. The fraction of sp³-hybridized carbons (Fsp3) is 0. The van der Waals surface area contributed by atoms with Crippen molar-refractivity contribution < 1.29 is 4.74 Å². The molecule has 2 heterocycles. The number of hydrogen-bond acceptors (Lipinski definition) is 6. The average molecular weight is 434 g/mol. The number of aromatic nitrogens is 3. The smallest absolute Gasteiger partial charge is 0.229 e. The summed E-state index contributed by atoms with van der Waals surface area (Å²) in [5, 5.41) is 3.17. The van der Waals surface area contributed by atoms with Gasteiger partial charge in [0.25, 0.3) is 0 Å². The molecule has 0 saturated carbocycles. The van der Waals surface area contributed by atoms with Crippen molar-refractivity contribution in [2.24, 2.45) is 0 Å². The van der Waals surface area contributed by atoms with E-state index < -0.39 is 0 Å². The Morgan fingerprint density at radius 3 is 2.43 bits per heavy atom. The van der Waals surface area contributed by atoms with Gasteiger partial charge in [-0.15, -0.1) is 0 Å². The van der Waals surface area contributed by atoms with E-state index in [4.69, 9.17) is 10.5 Å². The van der Waals surface area contributed by atoms with Crippen molar-refractivity contribution in [2.75, 3.05) is 11.1 Å². The Bertz CT molecular complexity index is 1090. The number of nitrogens with one attached hydrogen (secondary N) is 1. The molecule has 4 rings (SSSR count). The summed E-state index contributed by atoms with van der Waals surface area (Å²) in [4.78, 5) is 13.0. The zero-order chi connectivity index (χ0) is 19.3. The highest BCUT2D eigenvalue weighted by Gasteiger charge is 2.06. The number of nitrogens with two attached hydrogens (primary N) is 1. The molecule has 2 aromatic heterocycles. The summed E-state index contributed by atoms with van der Waals surface area (Å²) < 4.78 is 6.65. The highest BCUT2D eigenvalue weighted by atomic mass is 79.9. The SMILES string of the molecule is Nc1cc(-c2ccccc2)nc(Nc2ccc(Oc3cc(Br)ccn3)cc2)n1. The fourth-order valence-electron chi connectivity index (χ4n) is 2.58. The zero-order valence-corrected chi connectivity index (χ0v) is 16.3. The molecule has 4 aromatic rings. The van der Waals surface area contributed by atoms with Gasteiger partial charge < -0.3 is 15.8 Å². The lowest BCUT2D eigenvalue weighted by atomic mass is 10.1. The van der Waals surface area contributed by atoms with Gasteiger partial charge in [0.05, 0.1) is 5.69 Å². The van der Waals surface area contributed by atoms with Gasteiger partial charge in [-0.25, -0.2) is 9.97 Å². The minimum Gasteiger partial charge on any atom is -0.439 e. The van der Waals surface area contributed by atoms with Gasteiger partial charge in [0.1, 0.15) is 11.6 Å². The predicted octanol–water partition coefficient (Wildman–Crippen LogP) is 5.42. The number of rotatable bonds is 5. The van der Waals surface area contributed by atoms with Crippen LogP contribution in [0.5, 0.6) is 11.6 Å². The summed E-state index contributed by atoms with van der Waals surface area (Å²) in [6, 6.07) is 22.7. The van der Waals surface area contributed by atoms with Crippen LogP contribution in [0, 0.1) is 0 Å². The van der Waals surface area contributed by atoms with E-state index in [1.165, 1.54) is 0 Å². The van der Waals surface area contributed by atoms with Crippen LogP contribution in [-0.2, 0) is 0 Å². The third-order valence-electron chi connectivity index (χ3n) is 3.85. The summed E-state index contributed by atoms with van der Waals surface area (Å²) in [5.41, 5.74) is 8.51. The Labute approximate surface area is 170 Å². The van der Waals surface area contributed by atoms with Gasteiger partial charge in [-0.3, -0.25) is 0 Å². The normalized spacial score (nSPS) is 10.5. The van der Waals surface area contributed by atoms with Crippen LogP contribution in [0.1, 0.15) is 0 Å². The Hall–Kier alpha value is -3.45. The maximum atomic E-state index is 5.95. The lowest BCUT2D eigenvalue weighted by Crippen LogP contribution is -2.01. The monoisotopic (exact) mass is 433 g/mol. The molecule has 0 fully saturated rings. The van der Waals surface area contributed by atoms with Gasteiger partial charge in [-0.1, -0.05) is 46.3 Å². The lowest BCUT2D eigenvalue weighted by Gasteiger charge is -2.09. The first-order chi connectivity index (χ1) is 13.7. The van der Waals surface area contributed by atoms with Crippen LogP contribution < -0.4 is 15.8 Å². The third-order valence-corrected chi connectivity index (χ3v) is 4.34. The van der Waals surface area contributed by atoms with Crippen LogP contribution >= 0.6 is 15.9 Å². The molecule has 0 atom stereocenters. The van der Waals surface area contributed by atoms with Crippen molar-refractivity contribution in [1.29, 1.82) is 0 Å². The maximum Gasteiger partial charge on any atom is 0.229 e. The third kappa shape index (κ3) is 4.44. The quantitative estimate of drug-likeness (QED) is 0.436. The number of benzene rings is 2. The highest BCUT2D eigenvalue weighted by Crippen LogP contribution is 2.25. The maximum absolute atomic E-state index is 5.95. The van der Waals surface area contributed by atoms with Gasteiger partial charge >= 0.3 is 0 Å². The molecule has 0 aliphatic heterocycles. The van der Waals surface area contributed by atoms with Gasteiger partial charge in [0, 0.05) is 34.1 Å². The van der Waals surface area contributed by atoms with E-state index in [-0.39, 0.29) is 0 Å². The van der Waals surface area contributed by atoms with Crippen molar-refractivity contribution in [3.8, 4) is 22.9 Å². The minimum atomic E-state index is 0.400. The number of anilines is 3. The zero-order valence-electron chi connectivity index (χ0n) is 14.7. The number of nitrogens with zero attached hydrogens (tertiary/aromatic N) is 3. The van der Waals surface area contributed by atoms with Crippen LogP contribution in [0.15, 0.2) is 83.5 Å². The first-order valence-electron chi connectivity index (χ1n) is 8.52. The number of ether oxygens (including phenoxy) is 1. The van der Waals surface area contributed by atoms with Crippen LogP contribution in [0.2, 0.25) is 0 Å². The molecule has 138 valence electrons. The van der Waals surface area contributed by atoms with Crippen molar-refractivity contribution in [2.45, 2.75) is 0 Å². The molecule has 6 nitrogen and oxygen atoms in total. The Morgan fingerprint density at radius 1 is 0.893 bits per heavy atom. The Balaban J connectivity index is 1.51. The number of pyridine rings is 1. The molecule has 0 bridgehead atoms. The summed E-state index contributed by atoms with van der Waals surface area (Å²) in [6.07, 6.45) is 1.68. The fourth-order valence-corrected chi connectivity index (χ4v) is 2.89. The molecule has 0 aliphatic carbocycles. The first kappa shape index (κ1) is 17.9. The highest BCUT2D eigenvalue weighted by molar-refractivity contribution is 9.10.